The molecular weight excluding hydrogens is 277 g/mol. The van der Waals surface area contributed by atoms with E-state index in [9.17, 15) is 0 Å². The number of halogens is 2. The van der Waals surface area contributed by atoms with Crippen LogP contribution in [0.4, 0.5) is 0 Å². The SMILES string of the molecule is Cc1ccc(CCC(N)c2cccc(Cl)c2Cl)cc1. The van der Waals surface area contributed by atoms with Gasteiger partial charge >= 0.3 is 0 Å². The Bertz CT molecular complexity index is 549. The van der Waals surface area contributed by atoms with Crippen LogP contribution in [0.15, 0.2) is 42.5 Å². The fourth-order valence-electron chi connectivity index (χ4n) is 2.04. The fourth-order valence-corrected chi connectivity index (χ4v) is 2.49. The van der Waals surface area contributed by atoms with Crippen LogP contribution >= 0.6 is 23.2 Å². The third-order valence-electron chi connectivity index (χ3n) is 3.25. The van der Waals surface area contributed by atoms with Crippen LogP contribution in [-0.2, 0) is 6.42 Å². The topological polar surface area (TPSA) is 26.0 Å². The predicted octanol–water partition coefficient (Wildman–Crippen LogP) is 4.93. The fraction of sp³-hybridized carbons (Fsp3) is 0.250. The molecule has 0 aromatic heterocycles. The second-order valence-electron chi connectivity index (χ2n) is 4.77. The van der Waals surface area contributed by atoms with Crippen LogP contribution in [-0.4, -0.2) is 0 Å². The minimum atomic E-state index is -0.0903. The van der Waals surface area contributed by atoms with Gasteiger partial charge in [-0.25, -0.2) is 0 Å². The second kappa shape index (κ2) is 6.42. The number of hydrogen-bond acceptors (Lipinski definition) is 1. The highest BCUT2D eigenvalue weighted by molar-refractivity contribution is 6.42. The lowest BCUT2D eigenvalue weighted by Gasteiger charge is -2.14. The molecule has 0 saturated carbocycles. The van der Waals surface area contributed by atoms with E-state index in [4.69, 9.17) is 28.9 Å². The Labute approximate surface area is 124 Å². The first kappa shape index (κ1) is 14.4. The van der Waals surface area contributed by atoms with Crippen molar-refractivity contribution in [2.45, 2.75) is 25.8 Å². The van der Waals surface area contributed by atoms with E-state index in [0.717, 1.165) is 18.4 Å². The van der Waals surface area contributed by atoms with E-state index in [2.05, 4.69) is 31.2 Å². The van der Waals surface area contributed by atoms with E-state index in [1.54, 1.807) is 6.07 Å². The van der Waals surface area contributed by atoms with Crippen molar-refractivity contribution in [3.05, 3.63) is 69.2 Å². The Morgan fingerprint density at radius 3 is 2.42 bits per heavy atom. The summed E-state index contributed by atoms with van der Waals surface area (Å²) >= 11 is 12.2. The van der Waals surface area contributed by atoms with Crippen molar-refractivity contribution < 1.29 is 0 Å². The molecule has 1 unspecified atom stereocenters. The second-order valence-corrected chi connectivity index (χ2v) is 5.56. The smallest absolute Gasteiger partial charge is 0.0640 e. The van der Waals surface area contributed by atoms with Gasteiger partial charge in [-0.3, -0.25) is 0 Å². The molecule has 2 aromatic rings. The Balaban J connectivity index is 2.03. The summed E-state index contributed by atoms with van der Waals surface area (Å²) in [4.78, 5) is 0. The van der Waals surface area contributed by atoms with E-state index >= 15 is 0 Å². The van der Waals surface area contributed by atoms with Gasteiger partial charge in [-0.1, -0.05) is 65.2 Å². The van der Waals surface area contributed by atoms with Crippen molar-refractivity contribution in [3.63, 3.8) is 0 Å². The molecule has 0 heterocycles. The molecule has 0 aliphatic carbocycles. The molecular formula is C16H17Cl2N. The van der Waals surface area contributed by atoms with Gasteiger partial charge in [-0.05, 0) is 37.0 Å². The number of rotatable bonds is 4. The van der Waals surface area contributed by atoms with Crippen LogP contribution in [0, 0.1) is 6.92 Å². The number of hydrogen-bond donors (Lipinski definition) is 1. The van der Waals surface area contributed by atoms with E-state index in [-0.39, 0.29) is 6.04 Å². The largest absolute Gasteiger partial charge is 0.324 e. The van der Waals surface area contributed by atoms with Crippen molar-refractivity contribution in [1.29, 1.82) is 0 Å². The van der Waals surface area contributed by atoms with Crippen molar-refractivity contribution >= 4 is 23.2 Å². The van der Waals surface area contributed by atoms with E-state index in [1.807, 2.05) is 12.1 Å². The zero-order valence-corrected chi connectivity index (χ0v) is 12.4. The van der Waals surface area contributed by atoms with E-state index < -0.39 is 0 Å². The molecule has 2 N–H and O–H groups in total. The highest BCUT2D eigenvalue weighted by Gasteiger charge is 2.12. The number of benzene rings is 2. The highest BCUT2D eigenvalue weighted by atomic mass is 35.5. The van der Waals surface area contributed by atoms with Gasteiger partial charge < -0.3 is 5.73 Å². The third-order valence-corrected chi connectivity index (χ3v) is 4.08. The van der Waals surface area contributed by atoms with Crippen LogP contribution in [0.25, 0.3) is 0 Å². The molecule has 19 heavy (non-hydrogen) atoms. The summed E-state index contributed by atoms with van der Waals surface area (Å²) in [5, 5.41) is 1.13. The monoisotopic (exact) mass is 293 g/mol. The first-order valence-electron chi connectivity index (χ1n) is 6.33. The zero-order chi connectivity index (χ0) is 13.8. The molecule has 2 rings (SSSR count). The standard InChI is InChI=1S/C16H17Cl2N/c1-11-5-7-12(8-6-11)9-10-15(19)13-3-2-4-14(17)16(13)18/h2-8,15H,9-10,19H2,1H3. The van der Waals surface area contributed by atoms with Crippen LogP contribution in [0.3, 0.4) is 0 Å². The first-order valence-corrected chi connectivity index (χ1v) is 7.08. The lowest BCUT2D eigenvalue weighted by molar-refractivity contribution is 0.651. The van der Waals surface area contributed by atoms with Gasteiger partial charge in [0.2, 0.25) is 0 Å². The molecule has 0 fully saturated rings. The molecule has 0 aliphatic rings. The van der Waals surface area contributed by atoms with Crippen molar-refractivity contribution in [2.75, 3.05) is 0 Å². The normalized spacial score (nSPS) is 12.4. The number of aryl methyl sites for hydroxylation is 2. The maximum absolute atomic E-state index is 6.20. The molecule has 0 saturated heterocycles. The van der Waals surface area contributed by atoms with Crippen LogP contribution in [0.5, 0.6) is 0 Å². The zero-order valence-electron chi connectivity index (χ0n) is 10.9. The summed E-state index contributed by atoms with van der Waals surface area (Å²) in [7, 11) is 0. The van der Waals surface area contributed by atoms with Crippen molar-refractivity contribution in [1.82, 2.24) is 0 Å². The van der Waals surface area contributed by atoms with Crippen LogP contribution in [0.2, 0.25) is 10.0 Å². The summed E-state index contributed by atoms with van der Waals surface area (Å²) in [6, 6.07) is 14.0. The van der Waals surface area contributed by atoms with Crippen molar-refractivity contribution in [3.8, 4) is 0 Å². The molecule has 100 valence electrons. The summed E-state index contributed by atoms with van der Waals surface area (Å²) < 4.78 is 0. The molecule has 0 radical (unpaired) electrons. The lowest BCUT2D eigenvalue weighted by Crippen LogP contribution is -2.12. The summed E-state index contributed by atoms with van der Waals surface area (Å²) in [5.41, 5.74) is 9.68. The molecule has 3 heteroatoms. The summed E-state index contributed by atoms with van der Waals surface area (Å²) in [5.74, 6) is 0. The Hall–Kier alpha value is -1.02. The van der Waals surface area contributed by atoms with Crippen molar-refractivity contribution in [2.24, 2.45) is 5.73 Å². The van der Waals surface area contributed by atoms with E-state index in [1.165, 1.54) is 11.1 Å². The maximum Gasteiger partial charge on any atom is 0.0640 e. The predicted molar refractivity (Wildman–Crippen MR) is 82.9 cm³/mol. The lowest BCUT2D eigenvalue weighted by atomic mass is 9.99. The maximum atomic E-state index is 6.20. The molecule has 0 bridgehead atoms. The molecule has 0 spiro atoms. The van der Waals surface area contributed by atoms with Gasteiger partial charge in [0, 0.05) is 6.04 Å². The summed E-state index contributed by atoms with van der Waals surface area (Å²) in [6.07, 6.45) is 1.79. The van der Waals surface area contributed by atoms with Crippen LogP contribution in [0.1, 0.15) is 29.2 Å². The summed E-state index contributed by atoms with van der Waals surface area (Å²) in [6.45, 7) is 2.08. The highest BCUT2D eigenvalue weighted by Crippen LogP contribution is 2.30. The molecule has 2 aromatic carbocycles. The Morgan fingerprint density at radius 1 is 1.05 bits per heavy atom. The molecule has 0 aliphatic heterocycles. The van der Waals surface area contributed by atoms with Gasteiger partial charge in [0.1, 0.15) is 0 Å². The van der Waals surface area contributed by atoms with Gasteiger partial charge in [-0.2, -0.15) is 0 Å². The van der Waals surface area contributed by atoms with Gasteiger partial charge in [0.15, 0.2) is 0 Å². The molecule has 1 atom stereocenters. The quantitative estimate of drug-likeness (QED) is 0.849. The van der Waals surface area contributed by atoms with Gasteiger partial charge in [-0.15, -0.1) is 0 Å². The number of nitrogens with two attached hydrogens (primary N) is 1. The van der Waals surface area contributed by atoms with E-state index in [0.29, 0.717) is 10.0 Å². The Morgan fingerprint density at radius 2 is 1.74 bits per heavy atom. The molecule has 0 amide bonds. The average molecular weight is 294 g/mol. The van der Waals surface area contributed by atoms with Gasteiger partial charge in [0.25, 0.3) is 0 Å². The average Bonchev–Trinajstić information content (AvgIpc) is 2.41. The minimum Gasteiger partial charge on any atom is -0.324 e. The first-order chi connectivity index (χ1) is 9.08. The Kier molecular flexibility index (Phi) is 4.87. The third kappa shape index (κ3) is 3.73. The van der Waals surface area contributed by atoms with Gasteiger partial charge in [0.05, 0.1) is 10.0 Å². The minimum absolute atomic E-state index is 0.0903. The van der Waals surface area contributed by atoms with Crippen LogP contribution < -0.4 is 5.73 Å². The molecule has 1 nitrogen and oxygen atoms in total.